The predicted octanol–water partition coefficient (Wildman–Crippen LogP) is 3.72. The fraction of sp³-hybridized carbons (Fsp3) is 0.273. The SMILES string of the molecule is Cc1ccccc1CNc1cc(N2CCN(c3ccccc3)CC2)ncn1. The van der Waals surface area contributed by atoms with Crippen molar-refractivity contribution < 1.29 is 0 Å². The minimum atomic E-state index is 0.769. The molecule has 5 nitrogen and oxygen atoms in total. The van der Waals surface area contributed by atoms with E-state index in [1.165, 1.54) is 16.8 Å². The number of para-hydroxylation sites is 1. The lowest BCUT2D eigenvalue weighted by Crippen LogP contribution is -2.46. The molecule has 0 radical (unpaired) electrons. The Labute approximate surface area is 160 Å². The number of rotatable bonds is 5. The summed E-state index contributed by atoms with van der Waals surface area (Å²) in [5.74, 6) is 1.86. The standard InChI is InChI=1S/C22H25N5/c1-18-7-5-6-8-19(18)16-23-21-15-22(25-17-24-21)27-13-11-26(12-14-27)20-9-3-2-4-10-20/h2-10,15,17H,11-14,16H2,1H3,(H,23,24,25). The molecule has 1 N–H and O–H groups in total. The highest BCUT2D eigenvalue weighted by Gasteiger charge is 2.18. The number of hydrogen-bond acceptors (Lipinski definition) is 5. The zero-order valence-corrected chi connectivity index (χ0v) is 15.7. The van der Waals surface area contributed by atoms with Crippen LogP contribution in [0.1, 0.15) is 11.1 Å². The molecule has 4 rings (SSSR count). The Morgan fingerprint density at radius 2 is 1.56 bits per heavy atom. The quantitative estimate of drug-likeness (QED) is 0.752. The van der Waals surface area contributed by atoms with E-state index < -0.39 is 0 Å². The molecule has 3 aromatic rings. The number of benzene rings is 2. The summed E-state index contributed by atoms with van der Waals surface area (Å²) in [4.78, 5) is 13.6. The van der Waals surface area contributed by atoms with Crippen LogP contribution in [-0.4, -0.2) is 36.1 Å². The molecule has 2 aromatic carbocycles. The lowest BCUT2D eigenvalue weighted by Gasteiger charge is -2.36. The first-order valence-corrected chi connectivity index (χ1v) is 9.45. The van der Waals surface area contributed by atoms with E-state index >= 15 is 0 Å². The second-order valence-electron chi connectivity index (χ2n) is 6.85. The topological polar surface area (TPSA) is 44.3 Å². The molecular formula is C22H25N5. The minimum Gasteiger partial charge on any atom is -0.368 e. The lowest BCUT2D eigenvalue weighted by atomic mass is 10.1. The number of nitrogens with zero attached hydrogens (tertiary/aromatic N) is 4. The molecule has 0 bridgehead atoms. The van der Waals surface area contributed by atoms with Crippen LogP contribution in [0.2, 0.25) is 0 Å². The molecule has 0 atom stereocenters. The van der Waals surface area contributed by atoms with Crippen LogP contribution in [0.15, 0.2) is 67.0 Å². The molecule has 0 unspecified atom stereocenters. The maximum absolute atomic E-state index is 4.49. The van der Waals surface area contributed by atoms with Gasteiger partial charge in [-0.25, -0.2) is 9.97 Å². The van der Waals surface area contributed by atoms with E-state index in [1.54, 1.807) is 6.33 Å². The highest BCUT2D eigenvalue weighted by Crippen LogP contribution is 2.20. The Kier molecular flexibility index (Phi) is 5.19. The summed E-state index contributed by atoms with van der Waals surface area (Å²) in [7, 11) is 0. The van der Waals surface area contributed by atoms with Crippen LogP contribution in [-0.2, 0) is 6.54 Å². The summed E-state index contributed by atoms with van der Waals surface area (Å²) >= 11 is 0. The fourth-order valence-corrected chi connectivity index (χ4v) is 3.44. The molecule has 27 heavy (non-hydrogen) atoms. The van der Waals surface area contributed by atoms with Gasteiger partial charge in [0.15, 0.2) is 0 Å². The van der Waals surface area contributed by atoms with Crippen molar-refractivity contribution >= 4 is 17.3 Å². The molecule has 1 saturated heterocycles. The molecule has 0 saturated carbocycles. The summed E-state index contributed by atoms with van der Waals surface area (Å²) in [5.41, 5.74) is 3.87. The number of nitrogens with one attached hydrogen (secondary N) is 1. The molecule has 2 heterocycles. The van der Waals surface area contributed by atoms with Gasteiger partial charge in [0.25, 0.3) is 0 Å². The molecule has 1 aliphatic heterocycles. The third-order valence-electron chi connectivity index (χ3n) is 5.10. The van der Waals surface area contributed by atoms with Crippen molar-refractivity contribution in [3.63, 3.8) is 0 Å². The van der Waals surface area contributed by atoms with Gasteiger partial charge in [0.2, 0.25) is 0 Å². The van der Waals surface area contributed by atoms with Crippen molar-refractivity contribution in [1.29, 1.82) is 0 Å². The van der Waals surface area contributed by atoms with Gasteiger partial charge in [0.05, 0.1) is 0 Å². The fourth-order valence-electron chi connectivity index (χ4n) is 3.44. The van der Waals surface area contributed by atoms with E-state index in [0.717, 1.165) is 44.4 Å². The molecule has 0 amide bonds. The summed E-state index contributed by atoms with van der Waals surface area (Å²) in [5, 5.41) is 3.43. The van der Waals surface area contributed by atoms with E-state index in [-0.39, 0.29) is 0 Å². The van der Waals surface area contributed by atoms with E-state index in [4.69, 9.17) is 0 Å². The van der Waals surface area contributed by atoms with Gasteiger partial charge in [0, 0.05) is 44.5 Å². The molecule has 1 fully saturated rings. The Morgan fingerprint density at radius 3 is 2.33 bits per heavy atom. The number of hydrogen-bond donors (Lipinski definition) is 1. The van der Waals surface area contributed by atoms with Crippen LogP contribution in [0.3, 0.4) is 0 Å². The van der Waals surface area contributed by atoms with Gasteiger partial charge in [-0.05, 0) is 30.2 Å². The van der Waals surface area contributed by atoms with E-state index in [1.807, 2.05) is 0 Å². The smallest absolute Gasteiger partial charge is 0.134 e. The zero-order valence-electron chi connectivity index (χ0n) is 15.7. The Morgan fingerprint density at radius 1 is 0.852 bits per heavy atom. The summed E-state index contributed by atoms with van der Waals surface area (Å²) in [6.45, 7) is 6.83. The molecule has 5 heteroatoms. The van der Waals surface area contributed by atoms with Gasteiger partial charge in [-0.2, -0.15) is 0 Å². The molecule has 138 valence electrons. The molecule has 1 aliphatic rings. The van der Waals surface area contributed by atoms with Crippen molar-refractivity contribution in [1.82, 2.24) is 9.97 Å². The Bertz CT molecular complexity index is 873. The Hall–Kier alpha value is -3.08. The average molecular weight is 359 g/mol. The lowest BCUT2D eigenvalue weighted by molar-refractivity contribution is 0.647. The normalized spacial score (nSPS) is 14.3. The minimum absolute atomic E-state index is 0.769. The van der Waals surface area contributed by atoms with Gasteiger partial charge < -0.3 is 15.1 Å². The zero-order chi connectivity index (χ0) is 18.5. The molecule has 0 aliphatic carbocycles. The maximum Gasteiger partial charge on any atom is 0.134 e. The van der Waals surface area contributed by atoms with Crippen LogP contribution < -0.4 is 15.1 Å². The molecular weight excluding hydrogens is 334 g/mol. The van der Waals surface area contributed by atoms with Gasteiger partial charge in [-0.15, -0.1) is 0 Å². The first kappa shape index (κ1) is 17.3. The Balaban J connectivity index is 1.37. The van der Waals surface area contributed by atoms with Crippen molar-refractivity contribution in [3.8, 4) is 0 Å². The van der Waals surface area contributed by atoms with Crippen molar-refractivity contribution in [2.24, 2.45) is 0 Å². The first-order valence-electron chi connectivity index (χ1n) is 9.45. The number of aromatic nitrogens is 2. The van der Waals surface area contributed by atoms with Gasteiger partial charge in [-0.1, -0.05) is 42.5 Å². The highest BCUT2D eigenvalue weighted by molar-refractivity contribution is 5.52. The highest BCUT2D eigenvalue weighted by atomic mass is 15.3. The second-order valence-corrected chi connectivity index (χ2v) is 6.85. The average Bonchev–Trinajstić information content (AvgIpc) is 2.74. The summed E-state index contributed by atoms with van der Waals surface area (Å²) < 4.78 is 0. The van der Waals surface area contributed by atoms with Crippen molar-refractivity contribution in [2.45, 2.75) is 13.5 Å². The summed E-state index contributed by atoms with van der Waals surface area (Å²) in [6, 6.07) is 21.1. The van der Waals surface area contributed by atoms with Crippen molar-refractivity contribution in [3.05, 3.63) is 78.1 Å². The summed E-state index contributed by atoms with van der Waals surface area (Å²) in [6.07, 6.45) is 1.65. The number of anilines is 3. The second kappa shape index (κ2) is 8.08. The number of aryl methyl sites for hydroxylation is 1. The third-order valence-corrected chi connectivity index (χ3v) is 5.10. The molecule has 0 spiro atoms. The van der Waals surface area contributed by atoms with Crippen LogP contribution in [0, 0.1) is 6.92 Å². The van der Waals surface area contributed by atoms with Crippen LogP contribution in [0.25, 0.3) is 0 Å². The van der Waals surface area contributed by atoms with Gasteiger partial charge >= 0.3 is 0 Å². The van der Waals surface area contributed by atoms with Crippen LogP contribution >= 0.6 is 0 Å². The van der Waals surface area contributed by atoms with E-state index in [0.29, 0.717) is 0 Å². The van der Waals surface area contributed by atoms with Crippen molar-refractivity contribution in [2.75, 3.05) is 41.3 Å². The monoisotopic (exact) mass is 359 g/mol. The van der Waals surface area contributed by atoms with Crippen LogP contribution in [0.4, 0.5) is 17.3 Å². The van der Waals surface area contributed by atoms with Crippen LogP contribution in [0.5, 0.6) is 0 Å². The maximum atomic E-state index is 4.49. The van der Waals surface area contributed by atoms with E-state index in [2.05, 4.69) is 92.7 Å². The van der Waals surface area contributed by atoms with E-state index in [9.17, 15) is 0 Å². The first-order chi connectivity index (χ1) is 13.3. The van der Waals surface area contributed by atoms with Gasteiger partial charge in [-0.3, -0.25) is 0 Å². The third kappa shape index (κ3) is 4.19. The number of piperazine rings is 1. The largest absolute Gasteiger partial charge is 0.368 e. The van der Waals surface area contributed by atoms with Gasteiger partial charge in [0.1, 0.15) is 18.0 Å². The molecule has 1 aromatic heterocycles. The predicted molar refractivity (Wildman–Crippen MR) is 111 cm³/mol.